The van der Waals surface area contributed by atoms with Crippen LogP contribution in [0.25, 0.3) is 0 Å². The van der Waals surface area contributed by atoms with E-state index in [-0.39, 0.29) is 0 Å². The molecule has 0 amide bonds. The van der Waals surface area contributed by atoms with Crippen LogP contribution in [0.15, 0.2) is 0 Å². The van der Waals surface area contributed by atoms with Crippen molar-refractivity contribution in [1.82, 2.24) is 10.2 Å². The van der Waals surface area contributed by atoms with Crippen molar-refractivity contribution in [2.24, 2.45) is 5.92 Å². The van der Waals surface area contributed by atoms with Crippen molar-refractivity contribution < 1.29 is 4.74 Å². The molecule has 1 fully saturated rings. The van der Waals surface area contributed by atoms with E-state index in [1.54, 1.807) is 7.11 Å². The molecule has 1 N–H and O–H groups in total. The molecule has 0 radical (unpaired) electrons. The van der Waals surface area contributed by atoms with Crippen LogP contribution in [0.1, 0.15) is 46.0 Å². The van der Waals surface area contributed by atoms with Gasteiger partial charge in [-0.1, -0.05) is 26.2 Å². The van der Waals surface area contributed by atoms with Gasteiger partial charge in [0.05, 0.1) is 6.61 Å². The summed E-state index contributed by atoms with van der Waals surface area (Å²) in [6.45, 7) is 7.60. The number of ether oxygens (including phenoxy) is 1. The second-order valence-corrected chi connectivity index (χ2v) is 5.69. The molecule has 1 aliphatic rings. The number of hydrogen-bond donors (Lipinski definition) is 1. The number of likely N-dealkylation sites (N-methyl/N-ethyl adjacent to an activating group) is 2. The van der Waals surface area contributed by atoms with E-state index in [0.29, 0.717) is 12.1 Å². The summed E-state index contributed by atoms with van der Waals surface area (Å²) in [5.74, 6) is 0.868. The van der Waals surface area contributed by atoms with Gasteiger partial charge in [-0.2, -0.15) is 0 Å². The van der Waals surface area contributed by atoms with Gasteiger partial charge in [0.2, 0.25) is 0 Å². The molecule has 108 valence electrons. The fraction of sp³-hybridized carbons (Fsp3) is 1.00. The van der Waals surface area contributed by atoms with Crippen LogP contribution in [-0.4, -0.2) is 50.8 Å². The minimum absolute atomic E-state index is 0.513. The molecule has 0 aromatic heterocycles. The Balaban J connectivity index is 2.47. The Morgan fingerprint density at radius 2 is 1.94 bits per heavy atom. The fourth-order valence-electron chi connectivity index (χ4n) is 3.23. The van der Waals surface area contributed by atoms with Crippen LogP contribution in [-0.2, 0) is 4.74 Å². The second-order valence-electron chi connectivity index (χ2n) is 5.69. The molecule has 0 spiro atoms. The Morgan fingerprint density at radius 1 is 1.28 bits per heavy atom. The van der Waals surface area contributed by atoms with Crippen molar-refractivity contribution in [3.8, 4) is 0 Å². The quantitative estimate of drug-likeness (QED) is 0.722. The number of nitrogens with one attached hydrogen (secondary N) is 1. The van der Waals surface area contributed by atoms with Gasteiger partial charge in [-0.05, 0) is 39.3 Å². The normalized spacial score (nSPS) is 21.2. The topological polar surface area (TPSA) is 24.5 Å². The number of nitrogens with zero attached hydrogens (tertiary/aromatic N) is 1. The first-order chi connectivity index (χ1) is 8.72. The van der Waals surface area contributed by atoms with E-state index in [4.69, 9.17) is 4.74 Å². The first-order valence-electron chi connectivity index (χ1n) is 7.63. The lowest BCUT2D eigenvalue weighted by Crippen LogP contribution is -2.48. The van der Waals surface area contributed by atoms with Crippen molar-refractivity contribution in [1.29, 1.82) is 0 Å². The third-order valence-corrected chi connectivity index (χ3v) is 4.46. The Morgan fingerprint density at radius 3 is 2.44 bits per heavy atom. The van der Waals surface area contributed by atoms with E-state index in [1.165, 1.54) is 32.1 Å². The predicted molar refractivity (Wildman–Crippen MR) is 78.0 cm³/mol. The minimum Gasteiger partial charge on any atom is -0.383 e. The summed E-state index contributed by atoms with van der Waals surface area (Å²) in [6.07, 6.45) is 7.08. The highest BCUT2D eigenvalue weighted by Crippen LogP contribution is 2.27. The lowest BCUT2D eigenvalue weighted by molar-refractivity contribution is 0.0868. The first kappa shape index (κ1) is 15.9. The van der Waals surface area contributed by atoms with E-state index < -0.39 is 0 Å². The van der Waals surface area contributed by atoms with Crippen LogP contribution in [0, 0.1) is 5.92 Å². The highest BCUT2D eigenvalue weighted by atomic mass is 16.5. The summed E-state index contributed by atoms with van der Waals surface area (Å²) in [6, 6.07) is 1.16. The van der Waals surface area contributed by atoms with Gasteiger partial charge in [0.25, 0.3) is 0 Å². The summed E-state index contributed by atoms with van der Waals surface area (Å²) < 4.78 is 5.29. The maximum atomic E-state index is 5.29. The van der Waals surface area contributed by atoms with E-state index >= 15 is 0 Å². The monoisotopic (exact) mass is 256 g/mol. The zero-order valence-corrected chi connectivity index (χ0v) is 12.7. The molecule has 2 unspecified atom stereocenters. The molecule has 0 saturated heterocycles. The smallest absolute Gasteiger partial charge is 0.0615 e. The third kappa shape index (κ3) is 4.87. The van der Waals surface area contributed by atoms with E-state index in [1.807, 2.05) is 0 Å². The van der Waals surface area contributed by atoms with Crippen molar-refractivity contribution in [3.63, 3.8) is 0 Å². The minimum atomic E-state index is 0.513. The molecule has 18 heavy (non-hydrogen) atoms. The maximum absolute atomic E-state index is 5.29. The molecule has 1 saturated carbocycles. The van der Waals surface area contributed by atoms with Crippen molar-refractivity contribution in [3.05, 3.63) is 0 Å². The fourth-order valence-corrected chi connectivity index (χ4v) is 3.23. The molecule has 0 aromatic rings. The van der Waals surface area contributed by atoms with Gasteiger partial charge < -0.3 is 10.1 Å². The van der Waals surface area contributed by atoms with Crippen LogP contribution in [0.4, 0.5) is 0 Å². The Labute approximate surface area is 113 Å². The lowest BCUT2D eigenvalue weighted by atomic mass is 9.83. The SMILES string of the molecule is CCN(CC(NC)C1CCCCC1)C(C)COC. The second kappa shape index (κ2) is 8.89. The summed E-state index contributed by atoms with van der Waals surface area (Å²) in [5, 5.41) is 3.55. The molecule has 2 atom stereocenters. The molecule has 1 rings (SSSR count). The molecular formula is C15H32N2O. The average molecular weight is 256 g/mol. The maximum Gasteiger partial charge on any atom is 0.0615 e. The van der Waals surface area contributed by atoms with Crippen molar-refractivity contribution in [2.75, 3.05) is 33.9 Å². The van der Waals surface area contributed by atoms with Gasteiger partial charge in [0, 0.05) is 25.7 Å². The molecule has 3 nitrogen and oxygen atoms in total. The molecule has 0 bridgehead atoms. The van der Waals surface area contributed by atoms with Crippen molar-refractivity contribution in [2.45, 2.75) is 58.0 Å². The molecule has 3 heteroatoms. The van der Waals surface area contributed by atoms with Crippen LogP contribution in [0.3, 0.4) is 0 Å². The van der Waals surface area contributed by atoms with Crippen LogP contribution in [0.5, 0.6) is 0 Å². The molecule has 0 heterocycles. The van der Waals surface area contributed by atoms with E-state index in [2.05, 4.69) is 31.1 Å². The molecule has 0 aromatic carbocycles. The zero-order valence-electron chi connectivity index (χ0n) is 12.7. The predicted octanol–water partition coefficient (Wildman–Crippen LogP) is 2.51. The highest BCUT2D eigenvalue weighted by molar-refractivity contribution is 4.82. The Hall–Kier alpha value is -0.120. The largest absolute Gasteiger partial charge is 0.383 e. The van der Waals surface area contributed by atoms with E-state index in [9.17, 15) is 0 Å². The molecular weight excluding hydrogens is 224 g/mol. The average Bonchev–Trinajstić information content (AvgIpc) is 2.41. The van der Waals surface area contributed by atoms with Gasteiger partial charge in [0.15, 0.2) is 0 Å². The van der Waals surface area contributed by atoms with Crippen LogP contribution in [0.2, 0.25) is 0 Å². The van der Waals surface area contributed by atoms with Gasteiger partial charge in [-0.25, -0.2) is 0 Å². The van der Waals surface area contributed by atoms with Gasteiger partial charge >= 0.3 is 0 Å². The van der Waals surface area contributed by atoms with Gasteiger partial charge in [0.1, 0.15) is 0 Å². The van der Waals surface area contributed by atoms with Crippen molar-refractivity contribution >= 4 is 0 Å². The summed E-state index contributed by atoms with van der Waals surface area (Å²) in [7, 11) is 3.91. The Kier molecular flexibility index (Phi) is 7.87. The third-order valence-electron chi connectivity index (χ3n) is 4.46. The Bertz CT molecular complexity index is 205. The molecule has 1 aliphatic carbocycles. The number of methoxy groups -OCH3 is 1. The highest BCUT2D eigenvalue weighted by Gasteiger charge is 2.25. The van der Waals surface area contributed by atoms with Crippen LogP contribution < -0.4 is 5.32 Å². The van der Waals surface area contributed by atoms with Crippen LogP contribution >= 0.6 is 0 Å². The molecule has 0 aliphatic heterocycles. The number of hydrogen-bond acceptors (Lipinski definition) is 3. The lowest BCUT2D eigenvalue weighted by Gasteiger charge is -2.36. The first-order valence-corrected chi connectivity index (χ1v) is 7.63. The summed E-state index contributed by atoms with van der Waals surface area (Å²) in [5.41, 5.74) is 0. The summed E-state index contributed by atoms with van der Waals surface area (Å²) in [4.78, 5) is 2.54. The van der Waals surface area contributed by atoms with E-state index in [0.717, 1.165) is 25.6 Å². The van der Waals surface area contributed by atoms with Gasteiger partial charge in [-0.15, -0.1) is 0 Å². The number of rotatable bonds is 8. The standard InChI is InChI=1S/C15H32N2O/c1-5-17(13(2)12-18-4)11-15(16-3)14-9-7-6-8-10-14/h13-16H,5-12H2,1-4H3. The van der Waals surface area contributed by atoms with Gasteiger partial charge in [-0.3, -0.25) is 4.90 Å². The zero-order chi connectivity index (χ0) is 13.4. The summed E-state index contributed by atoms with van der Waals surface area (Å²) >= 11 is 0.